The molecule has 8 nitrogen and oxygen atoms in total. The van der Waals surface area contributed by atoms with Gasteiger partial charge in [-0.1, -0.05) is 27.5 Å². The quantitative estimate of drug-likeness (QED) is 0.277. The zero-order chi connectivity index (χ0) is 17.1. The van der Waals surface area contributed by atoms with E-state index in [4.69, 9.17) is 16.3 Å². The van der Waals surface area contributed by atoms with E-state index >= 15 is 0 Å². The fraction of sp³-hybridized carbons (Fsp3) is 0.727. The van der Waals surface area contributed by atoms with Crippen molar-refractivity contribution in [2.24, 2.45) is 0 Å². The summed E-state index contributed by atoms with van der Waals surface area (Å²) in [5.74, 6) is -2.38. The van der Waals surface area contributed by atoms with Gasteiger partial charge in [-0.3, -0.25) is 9.59 Å². The van der Waals surface area contributed by atoms with E-state index in [1.165, 1.54) is 13.8 Å². The highest BCUT2D eigenvalue weighted by atomic mass is 79.9. The number of esters is 2. The lowest BCUT2D eigenvalue weighted by Crippen LogP contribution is -2.69. The van der Waals surface area contributed by atoms with Crippen LogP contribution < -0.4 is 0 Å². The average molecular weight is 419 g/mol. The van der Waals surface area contributed by atoms with Gasteiger partial charge in [0.25, 0.3) is 5.91 Å². The van der Waals surface area contributed by atoms with Gasteiger partial charge in [-0.2, -0.15) is 0 Å². The summed E-state index contributed by atoms with van der Waals surface area (Å²) in [7, 11) is -3.92. The third-order valence-electron chi connectivity index (χ3n) is 3.73. The maximum absolute atomic E-state index is 12.5. The van der Waals surface area contributed by atoms with Crippen molar-refractivity contribution in [3.8, 4) is 0 Å². The van der Waals surface area contributed by atoms with E-state index in [1.54, 1.807) is 0 Å². The molecule has 2 aliphatic rings. The number of amides is 1. The standard InChI is InChI=1S/C11H13BrClNO7S/c1-5(15)20-4-21-7(16)6-10(2,3)22(18,19)9-11(12,13)8(17)14(6)9/h6,9H,4H2,1-3H3/t6-,9+,11?/m0/s1. The zero-order valence-electron chi connectivity index (χ0n) is 11.8. The smallest absolute Gasteiger partial charge is 0.333 e. The molecule has 0 saturated carbocycles. The van der Waals surface area contributed by atoms with Crippen LogP contribution in [0.4, 0.5) is 0 Å². The van der Waals surface area contributed by atoms with Crippen molar-refractivity contribution in [2.45, 2.75) is 40.7 Å². The van der Waals surface area contributed by atoms with Crippen LogP contribution in [-0.4, -0.2) is 57.9 Å². The van der Waals surface area contributed by atoms with E-state index in [-0.39, 0.29) is 0 Å². The number of halogens is 2. The Morgan fingerprint density at radius 3 is 2.41 bits per heavy atom. The van der Waals surface area contributed by atoms with Gasteiger partial charge in [0.15, 0.2) is 15.2 Å². The Morgan fingerprint density at radius 2 is 1.91 bits per heavy atom. The Labute approximate surface area is 140 Å². The molecular weight excluding hydrogens is 406 g/mol. The van der Waals surface area contributed by atoms with Crippen molar-refractivity contribution in [1.82, 2.24) is 4.90 Å². The van der Waals surface area contributed by atoms with Gasteiger partial charge >= 0.3 is 11.9 Å². The van der Waals surface area contributed by atoms with E-state index in [2.05, 4.69) is 20.7 Å². The second-order valence-corrected chi connectivity index (χ2v) is 10.3. The molecule has 2 heterocycles. The topological polar surface area (TPSA) is 107 Å². The minimum atomic E-state index is -3.92. The molecule has 0 aromatic rings. The largest absolute Gasteiger partial charge is 0.428 e. The van der Waals surface area contributed by atoms with Gasteiger partial charge < -0.3 is 14.4 Å². The summed E-state index contributed by atoms with van der Waals surface area (Å²) in [5.41, 5.74) is 0. The molecule has 2 aliphatic heterocycles. The summed E-state index contributed by atoms with van der Waals surface area (Å²) in [6.45, 7) is 3.09. The van der Waals surface area contributed by atoms with E-state index in [0.29, 0.717) is 0 Å². The third kappa shape index (κ3) is 2.15. The van der Waals surface area contributed by atoms with Crippen molar-refractivity contribution in [1.29, 1.82) is 0 Å². The van der Waals surface area contributed by atoms with Crippen LogP contribution in [0.5, 0.6) is 0 Å². The minimum absolute atomic E-state index is 0.659. The molecule has 0 N–H and O–H groups in total. The third-order valence-corrected chi connectivity index (χ3v) is 8.17. The van der Waals surface area contributed by atoms with Crippen LogP contribution in [0.2, 0.25) is 0 Å². The number of nitrogens with zero attached hydrogens (tertiary/aromatic N) is 1. The van der Waals surface area contributed by atoms with E-state index in [1.807, 2.05) is 0 Å². The Morgan fingerprint density at radius 1 is 1.36 bits per heavy atom. The van der Waals surface area contributed by atoms with E-state index in [9.17, 15) is 22.8 Å². The minimum Gasteiger partial charge on any atom is -0.428 e. The maximum Gasteiger partial charge on any atom is 0.333 e. The molecular formula is C11H13BrClNO7S. The SMILES string of the molecule is CC(=O)OCOC(=O)[C@@H]1N2C(=O)C(Cl)(Br)[C@H]2S(=O)(=O)C1(C)C. The highest BCUT2D eigenvalue weighted by Crippen LogP contribution is 2.55. The van der Waals surface area contributed by atoms with Gasteiger partial charge in [-0.15, -0.1) is 0 Å². The molecule has 0 aliphatic carbocycles. The number of alkyl halides is 2. The van der Waals surface area contributed by atoms with Crippen LogP contribution in [-0.2, 0) is 33.7 Å². The Balaban J connectivity index is 2.30. The summed E-state index contributed by atoms with van der Waals surface area (Å²) < 4.78 is 30.9. The molecule has 0 bridgehead atoms. The summed E-state index contributed by atoms with van der Waals surface area (Å²) in [6, 6.07) is -1.37. The Bertz CT molecular complexity index is 659. The molecule has 0 aromatic heterocycles. The Hall–Kier alpha value is -0.870. The number of hydrogen-bond donors (Lipinski definition) is 0. The molecule has 1 amide bonds. The first kappa shape index (κ1) is 17.5. The van der Waals surface area contributed by atoms with Crippen molar-refractivity contribution in [3.63, 3.8) is 0 Å². The van der Waals surface area contributed by atoms with Gasteiger partial charge in [0.05, 0.1) is 0 Å². The van der Waals surface area contributed by atoms with Crippen LogP contribution in [0.1, 0.15) is 20.8 Å². The molecule has 3 atom stereocenters. The fourth-order valence-corrected chi connectivity index (χ4v) is 6.34. The summed E-state index contributed by atoms with van der Waals surface area (Å²) in [6.07, 6.45) is 0. The summed E-state index contributed by atoms with van der Waals surface area (Å²) in [5, 5.41) is -1.37. The maximum atomic E-state index is 12.5. The first-order valence-electron chi connectivity index (χ1n) is 6.11. The van der Waals surface area contributed by atoms with Gasteiger partial charge in [0.2, 0.25) is 10.6 Å². The fourth-order valence-electron chi connectivity index (χ4n) is 2.51. The Kier molecular flexibility index (Phi) is 4.03. The van der Waals surface area contributed by atoms with Gasteiger partial charge in [-0.25, -0.2) is 13.2 Å². The van der Waals surface area contributed by atoms with Crippen molar-refractivity contribution in [2.75, 3.05) is 6.79 Å². The predicted molar refractivity (Wildman–Crippen MR) is 77.7 cm³/mol. The van der Waals surface area contributed by atoms with Crippen LogP contribution in [0.15, 0.2) is 0 Å². The van der Waals surface area contributed by atoms with Gasteiger partial charge in [-0.05, 0) is 13.8 Å². The highest BCUT2D eigenvalue weighted by molar-refractivity contribution is 9.11. The zero-order valence-corrected chi connectivity index (χ0v) is 15.0. The molecule has 0 radical (unpaired) electrons. The lowest BCUT2D eigenvalue weighted by Gasteiger charge is -2.45. The first-order valence-corrected chi connectivity index (χ1v) is 8.82. The molecule has 11 heteroatoms. The van der Waals surface area contributed by atoms with E-state index in [0.717, 1.165) is 11.8 Å². The number of ether oxygens (including phenoxy) is 2. The van der Waals surface area contributed by atoms with Crippen LogP contribution >= 0.6 is 27.5 Å². The lowest BCUT2D eigenvalue weighted by atomic mass is 9.98. The predicted octanol–water partition coefficient (Wildman–Crippen LogP) is 0.124. The van der Waals surface area contributed by atoms with Crippen LogP contribution in [0.25, 0.3) is 0 Å². The lowest BCUT2D eigenvalue weighted by molar-refractivity contribution is -0.174. The van der Waals surface area contributed by atoms with Crippen molar-refractivity contribution >= 4 is 55.2 Å². The van der Waals surface area contributed by atoms with Gasteiger partial charge in [0.1, 0.15) is 10.8 Å². The monoisotopic (exact) mass is 417 g/mol. The first-order chi connectivity index (χ1) is 9.86. The molecule has 2 rings (SSSR count). The molecule has 0 spiro atoms. The molecule has 2 saturated heterocycles. The summed E-state index contributed by atoms with van der Waals surface area (Å²) in [4.78, 5) is 35.7. The molecule has 2 fully saturated rings. The molecule has 0 aromatic carbocycles. The van der Waals surface area contributed by atoms with Crippen LogP contribution in [0.3, 0.4) is 0 Å². The molecule has 1 unspecified atom stereocenters. The average Bonchev–Trinajstić information content (AvgIpc) is 2.51. The molecule has 124 valence electrons. The summed E-state index contributed by atoms with van der Waals surface area (Å²) >= 11 is 8.79. The number of rotatable bonds is 3. The number of sulfone groups is 1. The van der Waals surface area contributed by atoms with Crippen molar-refractivity contribution in [3.05, 3.63) is 0 Å². The van der Waals surface area contributed by atoms with Crippen molar-refractivity contribution < 1.29 is 32.3 Å². The number of carbonyl (C=O) groups is 3. The van der Waals surface area contributed by atoms with E-state index < -0.39 is 54.4 Å². The normalized spacial score (nSPS) is 34.6. The number of fused-ring (bicyclic) bond motifs is 1. The second-order valence-electron chi connectivity index (χ2n) is 5.46. The van der Waals surface area contributed by atoms with Crippen LogP contribution in [0, 0.1) is 0 Å². The highest BCUT2D eigenvalue weighted by Gasteiger charge is 2.77. The second kappa shape index (κ2) is 5.07. The number of carbonyl (C=O) groups excluding carboxylic acids is 3. The molecule has 22 heavy (non-hydrogen) atoms. The van der Waals surface area contributed by atoms with Gasteiger partial charge in [0, 0.05) is 6.92 Å². The number of β-lactam (4-membered cyclic amide) rings is 1. The number of hydrogen-bond acceptors (Lipinski definition) is 7.